The first kappa shape index (κ1) is 17.4. The zero-order valence-electron chi connectivity index (χ0n) is 12.6. The minimum absolute atomic E-state index is 0.0278. The third-order valence-corrected chi connectivity index (χ3v) is 3.15. The number of aromatic nitrogens is 3. The lowest BCUT2D eigenvalue weighted by Crippen LogP contribution is -2.10. The smallest absolute Gasteiger partial charge is 0.253 e. The van der Waals surface area contributed by atoms with Gasteiger partial charge in [-0.1, -0.05) is 51.9 Å². The van der Waals surface area contributed by atoms with E-state index in [9.17, 15) is 0 Å². The van der Waals surface area contributed by atoms with Gasteiger partial charge in [0, 0.05) is 6.54 Å². The van der Waals surface area contributed by atoms with Crippen molar-refractivity contribution in [2.45, 2.75) is 58.3 Å². The van der Waals surface area contributed by atoms with E-state index in [0.717, 1.165) is 13.0 Å². The molecule has 5 N–H and O–H groups in total. The molecule has 8 nitrogen and oxygen atoms in total. The second-order valence-electron chi connectivity index (χ2n) is 4.93. The average molecular weight is 298 g/mol. The fourth-order valence-corrected chi connectivity index (χ4v) is 2.01. The van der Waals surface area contributed by atoms with Crippen LogP contribution < -0.4 is 16.3 Å². The molecule has 8 heteroatoms. The molecule has 1 aromatic heterocycles. The molecule has 0 aliphatic carbocycles. The van der Waals surface area contributed by atoms with Crippen LogP contribution >= 0.6 is 0 Å². The van der Waals surface area contributed by atoms with Gasteiger partial charge in [-0.15, -0.1) is 0 Å². The van der Waals surface area contributed by atoms with E-state index in [0.29, 0.717) is 5.95 Å². The molecule has 0 radical (unpaired) electrons. The van der Waals surface area contributed by atoms with Crippen LogP contribution in [0.1, 0.15) is 58.3 Å². The number of unbranched alkanes of at least 4 members (excludes halogenated alkanes) is 7. The van der Waals surface area contributed by atoms with Gasteiger partial charge in [-0.3, -0.25) is 10.4 Å². The van der Waals surface area contributed by atoms with E-state index in [4.69, 9.17) is 10.4 Å². The molecule has 1 aromatic rings. The van der Waals surface area contributed by atoms with Gasteiger partial charge in [0.2, 0.25) is 5.95 Å². The molecular formula is C13H26N6O2. The van der Waals surface area contributed by atoms with Gasteiger partial charge < -0.3 is 5.32 Å². The molecule has 0 aliphatic heterocycles. The Labute approximate surface area is 125 Å². The van der Waals surface area contributed by atoms with Gasteiger partial charge in [-0.05, 0) is 6.42 Å². The number of anilines is 3. The predicted octanol–water partition coefficient (Wildman–Crippen LogP) is 3.03. The van der Waals surface area contributed by atoms with E-state index in [2.05, 4.69) is 27.2 Å². The van der Waals surface area contributed by atoms with Crippen LogP contribution in [0.15, 0.2) is 0 Å². The van der Waals surface area contributed by atoms with Gasteiger partial charge in [0.05, 0.1) is 0 Å². The number of hydrogen-bond acceptors (Lipinski definition) is 8. The van der Waals surface area contributed by atoms with Crippen LogP contribution in [0.4, 0.5) is 17.8 Å². The van der Waals surface area contributed by atoms with Crippen molar-refractivity contribution in [1.29, 1.82) is 0 Å². The Morgan fingerprint density at radius 2 is 1.19 bits per heavy atom. The van der Waals surface area contributed by atoms with Crippen LogP contribution in [0.3, 0.4) is 0 Å². The maximum atomic E-state index is 8.77. The Kier molecular flexibility index (Phi) is 9.14. The molecule has 1 rings (SSSR count). The summed E-state index contributed by atoms with van der Waals surface area (Å²) in [5.41, 5.74) is 3.65. The average Bonchev–Trinajstić information content (AvgIpc) is 2.52. The Balaban J connectivity index is 2.15. The summed E-state index contributed by atoms with van der Waals surface area (Å²) < 4.78 is 0. The van der Waals surface area contributed by atoms with Crippen LogP contribution in [0, 0.1) is 0 Å². The first-order chi connectivity index (χ1) is 10.3. The van der Waals surface area contributed by atoms with E-state index < -0.39 is 0 Å². The zero-order valence-corrected chi connectivity index (χ0v) is 12.6. The Morgan fingerprint density at radius 3 is 1.71 bits per heavy atom. The number of nitrogens with one attached hydrogen (secondary N) is 3. The highest BCUT2D eigenvalue weighted by atomic mass is 16.5. The maximum Gasteiger partial charge on any atom is 0.253 e. The van der Waals surface area contributed by atoms with Crippen LogP contribution in [-0.4, -0.2) is 31.9 Å². The van der Waals surface area contributed by atoms with E-state index in [1.54, 1.807) is 0 Å². The minimum atomic E-state index is -0.0278. The Hall–Kier alpha value is -1.67. The lowest BCUT2D eigenvalue weighted by Gasteiger charge is -2.07. The third kappa shape index (κ3) is 7.62. The molecule has 21 heavy (non-hydrogen) atoms. The summed E-state index contributed by atoms with van der Waals surface area (Å²) in [5.74, 6) is 0.251. The van der Waals surface area contributed by atoms with Gasteiger partial charge in [0.25, 0.3) is 11.9 Å². The van der Waals surface area contributed by atoms with Crippen LogP contribution in [0.5, 0.6) is 0 Å². The highest BCUT2D eigenvalue weighted by molar-refractivity contribution is 5.39. The summed E-state index contributed by atoms with van der Waals surface area (Å²) in [7, 11) is 0. The van der Waals surface area contributed by atoms with E-state index in [1.807, 2.05) is 11.0 Å². The lowest BCUT2D eigenvalue weighted by atomic mass is 10.1. The quantitative estimate of drug-likeness (QED) is 0.295. The van der Waals surface area contributed by atoms with Gasteiger partial charge in [-0.25, -0.2) is 11.0 Å². The van der Waals surface area contributed by atoms with Gasteiger partial charge in [-0.2, -0.15) is 15.0 Å². The summed E-state index contributed by atoms with van der Waals surface area (Å²) in [6.07, 6.45) is 10.0. The van der Waals surface area contributed by atoms with Crippen LogP contribution in [-0.2, 0) is 0 Å². The number of rotatable bonds is 12. The molecule has 0 saturated carbocycles. The highest BCUT2D eigenvalue weighted by Gasteiger charge is 2.04. The molecular weight excluding hydrogens is 272 g/mol. The molecule has 0 fully saturated rings. The molecule has 0 aliphatic rings. The van der Waals surface area contributed by atoms with E-state index >= 15 is 0 Å². The fourth-order valence-electron chi connectivity index (χ4n) is 2.01. The second-order valence-corrected chi connectivity index (χ2v) is 4.93. The summed E-state index contributed by atoms with van der Waals surface area (Å²) in [6, 6.07) is 0. The topological polar surface area (TPSA) is 115 Å². The lowest BCUT2D eigenvalue weighted by molar-refractivity contribution is 0.375. The van der Waals surface area contributed by atoms with Crippen LogP contribution in [0.25, 0.3) is 0 Å². The summed E-state index contributed by atoms with van der Waals surface area (Å²) in [6.45, 7) is 2.97. The molecule has 0 amide bonds. The van der Waals surface area contributed by atoms with Gasteiger partial charge in [0.1, 0.15) is 0 Å². The molecule has 0 unspecified atom stereocenters. The van der Waals surface area contributed by atoms with Gasteiger partial charge in [0.15, 0.2) is 0 Å². The molecule has 0 aromatic carbocycles. The van der Waals surface area contributed by atoms with Gasteiger partial charge >= 0.3 is 0 Å². The summed E-state index contributed by atoms with van der Waals surface area (Å²) >= 11 is 0. The monoisotopic (exact) mass is 298 g/mol. The van der Waals surface area contributed by atoms with Crippen molar-refractivity contribution in [1.82, 2.24) is 15.0 Å². The summed E-state index contributed by atoms with van der Waals surface area (Å²) in [4.78, 5) is 11.5. The molecule has 0 saturated heterocycles. The molecule has 0 bridgehead atoms. The Bertz CT molecular complexity index is 369. The largest absolute Gasteiger partial charge is 0.354 e. The van der Waals surface area contributed by atoms with E-state index in [-0.39, 0.29) is 11.9 Å². The van der Waals surface area contributed by atoms with Crippen molar-refractivity contribution in [2.75, 3.05) is 22.8 Å². The van der Waals surface area contributed by atoms with Crippen molar-refractivity contribution in [2.24, 2.45) is 0 Å². The predicted molar refractivity (Wildman–Crippen MR) is 81.7 cm³/mol. The molecule has 1 heterocycles. The second kappa shape index (κ2) is 11.0. The van der Waals surface area contributed by atoms with E-state index in [1.165, 1.54) is 44.9 Å². The van der Waals surface area contributed by atoms with Crippen LogP contribution in [0.2, 0.25) is 0 Å². The number of nitrogens with zero attached hydrogens (tertiary/aromatic N) is 3. The maximum absolute atomic E-state index is 8.77. The highest BCUT2D eigenvalue weighted by Crippen LogP contribution is 2.10. The Morgan fingerprint density at radius 1 is 0.714 bits per heavy atom. The van der Waals surface area contributed by atoms with Crippen molar-refractivity contribution in [3.05, 3.63) is 0 Å². The van der Waals surface area contributed by atoms with Crippen molar-refractivity contribution >= 4 is 17.8 Å². The summed E-state index contributed by atoms with van der Waals surface area (Å²) in [5, 5.41) is 20.6. The SMILES string of the molecule is CCCCCCCCCCNc1nc(NO)nc(NO)n1. The third-order valence-electron chi connectivity index (χ3n) is 3.15. The standard InChI is InChI=1S/C13H26N6O2/c1-2-3-4-5-6-7-8-9-10-14-11-15-12(18-20)17-13(16-11)19-21/h20-21H,2-10H2,1H3,(H3,14,15,16,17,18,19). The first-order valence-electron chi connectivity index (χ1n) is 7.60. The fraction of sp³-hybridized carbons (Fsp3) is 0.769. The first-order valence-corrected chi connectivity index (χ1v) is 7.60. The minimum Gasteiger partial charge on any atom is -0.354 e. The number of hydrogen-bond donors (Lipinski definition) is 5. The zero-order chi connectivity index (χ0) is 15.3. The normalized spacial score (nSPS) is 10.4. The molecule has 0 spiro atoms. The van der Waals surface area contributed by atoms with Crippen molar-refractivity contribution in [3.63, 3.8) is 0 Å². The van der Waals surface area contributed by atoms with Crippen molar-refractivity contribution in [3.8, 4) is 0 Å². The molecule has 0 atom stereocenters. The van der Waals surface area contributed by atoms with Crippen molar-refractivity contribution < 1.29 is 10.4 Å². The molecule has 120 valence electrons.